The minimum absolute atomic E-state index is 0.191. The van der Waals surface area contributed by atoms with Crippen molar-refractivity contribution >= 4 is 5.91 Å². The van der Waals surface area contributed by atoms with Crippen molar-refractivity contribution < 1.29 is 9.32 Å². The standard InChI is InChI=1S/C19H22N6O2/c1-6-9-20-16(26)14-11-22-25(12(14)2)15-8-7-13(10-21-15)17-23-18(24-27-17)19(3,4)5/h6-8,10-11H,1,9H2,2-5H3,(H,20,26). The summed E-state index contributed by atoms with van der Waals surface area (Å²) in [5.41, 5.74) is 1.72. The summed E-state index contributed by atoms with van der Waals surface area (Å²) in [7, 11) is 0. The fraction of sp³-hybridized carbons (Fsp3) is 0.316. The van der Waals surface area contributed by atoms with Crippen molar-refractivity contribution in [1.82, 2.24) is 30.2 Å². The summed E-state index contributed by atoms with van der Waals surface area (Å²) in [5.74, 6) is 1.45. The second-order valence-electron chi connectivity index (χ2n) is 7.13. The van der Waals surface area contributed by atoms with Crippen molar-refractivity contribution in [3.8, 4) is 17.3 Å². The molecule has 3 rings (SSSR count). The van der Waals surface area contributed by atoms with Crippen LogP contribution in [0.4, 0.5) is 0 Å². The number of hydrogen-bond acceptors (Lipinski definition) is 6. The first-order chi connectivity index (χ1) is 12.8. The first-order valence-electron chi connectivity index (χ1n) is 8.56. The van der Waals surface area contributed by atoms with E-state index >= 15 is 0 Å². The van der Waals surface area contributed by atoms with Gasteiger partial charge in [0.15, 0.2) is 11.6 Å². The van der Waals surface area contributed by atoms with Gasteiger partial charge in [-0.1, -0.05) is 32.0 Å². The summed E-state index contributed by atoms with van der Waals surface area (Å²) >= 11 is 0. The quantitative estimate of drug-likeness (QED) is 0.697. The van der Waals surface area contributed by atoms with Crippen LogP contribution in [0, 0.1) is 6.92 Å². The van der Waals surface area contributed by atoms with Crippen LogP contribution in [0.2, 0.25) is 0 Å². The Balaban J connectivity index is 1.84. The molecule has 8 heteroatoms. The van der Waals surface area contributed by atoms with Crippen LogP contribution in [-0.4, -0.2) is 37.4 Å². The molecule has 0 unspecified atom stereocenters. The maximum absolute atomic E-state index is 12.1. The molecule has 1 N–H and O–H groups in total. The van der Waals surface area contributed by atoms with Crippen molar-refractivity contribution in [3.05, 3.63) is 54.3 Å². The molecule has 8 nitrogen and oxygen atoms in total. The Morgan fingerprint density at radius 3 is 2.70 bits per heavy atom. The minimum Gasteiger partial charge on any atom is -0.348 e. The normalized spacial score (nSPS) is 11.4. The molecular weight excluding hydrogens is 344 g/mol. The average Bonchev–Trinajstić information content (AvgIpc) is 3.27. The number of carbonyl (C=O) groups excluding carboxylic acids is 1. The van der Waals surface area contributed by atoms with Gasteiger partial charge in [0.2, 0.25) is 0 Å². The van der Waals surface area contributed by atoms with E-state index in [9.17, 15) is 4.79 Å². The van der Waals surface area contributed by atoms with Crippen molar-refractivity contribution in [2.75, 3.05) is 6.54 Å². The predicted octanol–water partition coefficient (Wildman–Crippen LogP) is 2.84. The number of nitrogens with zero attached hydrogens (tertiary/aromatic N) is 5. The lowest BCUT2D eigenvalue weighted by atomic mass is 9.96. The molecule has 0 fully saturated rings. The maximum atomic E-state index is 12.1. The van der Waals surface area contributed by atoms with Gasteiger partial charge in [-0.15, -0.1) is 6.58 Å². The largest absolute Gasteiger partial charge is 0.348 e. The summed E-state index contributed by atoms with van der Waals surface area (Å²) < 4.78 is 6.95. The molecule has 0 aliphatic carbocycles. The maximum Gasteiger partial charge on any atom is 0.259 e. The van der Waals surface area contributed by atoms with Crippen molar-refractivity contribution in [1.29, 1.82) is 0 Å². The van der Waals surface area contributed by atoms with Gasteiger partial charge in [-0.2, -0.15) is 10.1 Å². The zero-order valence-corrected chi connectivity index (χ0v) is 15.9. The van der Waals surface area contributed by atoms with Crippen LogP contribution in [-0.2, 0) is 5.41 Å². The monoisotopic (exact) mass is 366 g/mol. The summed E-state index contributed by atoms with van der Waals surface area (Å²) in [4.78, 5) is 21.0. The van der Waals surface area contributed by atoms with Crippen molar-refractivity contribution in [2.24, 2.45) is 0 Å². The predicted molar refractivity (Wildman–Crippen MR) is 101 cm³/mol. The molecule has 1 amide bonds. The fourth-order valence-corrected chi connectivity index (χ4v) is 2.41. The second-order valence-corrected chi connectivity index (χ2v) is 7.13. The molecule has 0 radical (unpaired) electrons. The van der Waals surface area contributed by atoms with Crippen LogP contribution in [0.25, 0.3) is 17.3 Å². The van der Waals surface area contributed by atoms with Crippen LogP contribution in [0.1, 0.15) is 42.6 Å². The lowest BCUT2D eigenvalue weighted by molar-refractivity contribution is 0.0957. The highest BCUT2D eigenvalue weighted by atomic mass is 16.5. The van der Waals surface area contributed by atoms with E-state index in [1.54, 1.807) is 23.0 Å². The van der Waals surface area contributed by atoms with E-state index < -0.39 is 0 Å². The lowest BCUT2D eigenvalue weighted by Gasteiger charge is -2.10. The van der Waals surface area contributed by atoms with Gasteiger partial charge in [-0.3, -0.25) is 4.79 Å². The van der Waals surface area contributed by atoms with E-state index in [0.29, 0.717) is 35.3 Å². The topological polar surface area (TPSA) is 98.7 Å². The Labute approximate surface area is 157 Å². The smallest absolute Gasteiger partial charge is 0.259 e. The van der Waals surface area contributed by atoms with Gasteiger partial charge in [-0.05, 0) is 19.1 Å². The van der Waals surface area contributed by atoms with E-state index in [2.05, 4.69) is 32.1 Å². The van der Waals surface area contributed by atoms with Crippen LogP contribution >= 0.6 is 0 Å². The summed E-state index contributed by atoms with van der Waals surface area (Å²) in [6, 6.07) is 3.63. The Morgan fingerprint density at radius 2 is 2.11 bits per heavy atom. The lowest BCUT2D eigenvalue weighted by Crippen LogP contribution is -2.23. The van der Waals surface area contributed by atoms with Gasteiger partial charge >= 0.3 is 0 Å². The molecule has 140 valence electrons. The molecule has 3 aromatic heterocycles. The number of hydrogen-bond donors (Lipinski definition) is 1. The fourth-order valence-electron chi connectivity index (χ4n) is 2.41. The van der Waals surface area contributed by atoms with Gasteiger partial charge in [0, 0.05) is 18.2 Å². The van der Waals surface area contributed by atoms with E-state index in [-0.39, 0.29) is 11.3 Å². The molecule has 0 bridgehead atoms. The molecule has 0 aromatic carbocycles. The highest BCUT2D eigenvalue weighted by Gasteiger charge is 2.22. The molecule has 0 aliphatic rings. The number of nitrogens with one attached hydrogen (secondary N) is 1. The van der Waals surface area contributed by atoms with Gasteiger partial charge in [0.05, 0.1) is 23.0 Å². The van der Waals surface area contributed by atoms with Gasteiger partial charge in [-0.25, -0.2) is 9.67 Å². The van der Waals surface area contributed by atoms with Gasteiger partial charge in [0.1, 0.15) is 0 Å². The van der Waals surface area contributed by atoms with Crippen LogP contribution in [0.15, 0.2) is 41.7 Å². The zero-order chi connectivity index (χ0) is 19.6. The first-order valence-corrected chi connectivity index (χ1v) is 8.56. The number of rotatable bonds is 5. The molecular formula is C19H22N6O2. The molecule has 3 aromatic rings. The molecule has 0 saturated carbocycles. The second kappa shape index (κ2) is 7.14. The molecule has 0 spiro atoms. The summed E-state index contributed by atoms with van der Waals surface area (Å²) in [6.07, 6.45) is 4.80. The third-order valence-corrected chi connectivity index (χ3v) is 3.97. The highest BCUT2D eigenvalue weighted by Crippen LogP contribution is 2.23. The molecule has 0 aliphatic heterocycles. The minimum atomic E-state index is -0.198. The SMILES string of the molecule is C=CCNC(=O)c1cnn(-c2ccc(-c3nc(C(C)(C)C)no3)cn2)c1C. The highest BCUT2D eigenvalue weighted by molar-refractivity contribution is 5.95. The number of aromatic nitrogens is 5. The summed E-state index contributed by atoms with van der Waals surface area (Å²) in [5, 5.41) is 11.0. The Morgan fingerprint density at radius 1 is 1.33 bits per heavy atom. The van der Waals surface area contributed by atoms with E-state index in [1.165, 1.54) is 6.20 Å². The number of amides is 1. The molecule has 3 heterocycles. The zero-order valence-electron chi connectivity index (χ0n) is 15.9. The summed E-state index contributed by atoms with van der Waals surface area (Å²) in [6.45, 7) is 11.9. The Hall–Kier alpha value is -3.29. The van der Waals surface area contributed by atoms with Crippen LogP contribution in [0.5, 0.6) is 0 Å². The first kappa shape index (κ1) is 18.5. The average molecular weight is 366 g/mol. The third kappa shape index (κ3) is 3.79. The molecule has 0 atom stereocenters. The van der Waals surface area contributed by atoms with Crippen LogP contribution < -0.4 is 5.32 Å². The number of pyridine rings is 1. The van der Waals surface area contributed by atoms with E-state index in [1.807, 2.05) is 33.8 Å². The molecule has 0 saturated heterocycles. The number of carbonyl (C=O) groups is 1. The van der Waals surface area contributed by atoms with E-state index in [4.69, 9.17) is 4.52 Å². The van der Waals surface area contributed by atoms with E-state index in [0.717, 1.165) is 5.56 Å². The van der Waals surface area contributed by atoms with Crippen molar-refractivity contribution in [2.45, 2.75) is 33.1 Å². The van der Waals surface area contributed by atoms with Gasteiger partial charge in [0.25, 0.3) is 11.8 Å². The van der Waals surface area contributed by atoms with Crippen molar-refractivity contribution in [3.63, 3.8) is 0 Å². The Bertz CT molecular complexity index is 963. The molecule has 27 heavy (non-hydrogen) atoms. The van der Waals surface area contributed by atoms with Gasteiger partial charge < -0.3 is 9.84 Å². The Kier molecular flexibility index (Phi) is 4.89. The third-order valence-electron chi connectivity index (χ3n) is 3.97. The van der Waals surface area contributed by atoms with Crippen LogP contribution in [0.3, 0.4) is 0 Å².